The van der Waals surface area contributed by atoms with Crippen molar-refractivity contribution in [3.05, 3.63) is 0 Å². The van der Waals surface area contributed by atoms with Crippen LogP contribution in [0, 0.1) is 0 Å². The second-order valence-corrected chi connectivity index (χ2v) is 17.1. The number of unbranched alkanes of at least 4 members (excludes halogenated alkanes) is 31. The van der Waals surface area contributed by atoms with E-state index in [0.29, 0.717) is 12.8 Å². The van der Waals surface area contributed by atoms with E-state index in [2.05, 4.69) is 19.2 Å². The monoisotopic (exact) mass is 761 g/mol. The minimum absolute atomic E-state index is 0.0924. The molecule has 312 valence electrons. The van der Waals surface area contributed by atoms with E-state index in [1.165, 1.54) is 173 Å². The number of hydrogen-bond donors (Lipinski definition) is 4. The third kappa shape index (κ3) is 37.8. The molecule has 1 unspecified atom stereocenters. The van der Waals surface area contributed by atoms with Gasteiger partial charge in [0, 0.05) is 13.0 Å². The molecule has 0 radical (unpaired) electrons. The van der Waals surface area contributed by atoms with Gasteiger partial charge >= 0.3 is 7.82 Å². The number of aliphatic hydroxyl groups excluding tert-OH is 1. The maximum absolute atomic E-state index is 12.8. The number of carbonyl (C=O) groups excluding carboxylic acids is 1. The SMILES string of the molecule is CCCCCCCCCCCCCCCCCCCCCCCC(=O)N[C@@H](COP(=O)(O)OCCN)[C@H](O)CCCCCCCCCCCCCC. The van der Waals surface area contributed by atoms with Crippen LogP contribution in [-0.4, -0.2) is 47.8 Å². The number of nitrogens with one attached hydrogen (secondary N) is 1. The van der Waals surface area contributed by atoms with Crippen molar-refractivity contribution in [1.29, 1.82) is 0 Å². The summed E-state index contributed by atoms with van der Waals surface area (Å²) in [7, 11) is -4.31. The van der Waals surface area contributed by atoms with Crippen molar-refractivity contribution in [3.63, 3.8) is 0 Å². The molecular formula is C43H89N2O6P. The number of nitrogens with two attached hydrogens (primary N) is 1. The fraction of sp³-hybridized carbons (Fsp3) is 0.977. The zero-order chi connectivity index (χ0) is 38.2. The van der Waals surface area contributed by atoms with Crippen LogP contribution < -0.4 is 11.1 Å². The quantitative estimate of drug-likeness (QED) is 0.0359. The van der Waals surface area contributed by atoms with Crippen molar-refractivity contribution in [2.45, 2.75) is 251 Å². The minimum Gasteiger partial charge on any atom is -0.391 e. The Bertz CT molecular complexity index is 789. The number of hydrogen-bond acceptors (Lipinski definition) is 6. The van der Waals surface area contributed by atoms with Gasteiger partial charge < -0.3 is 21.1 Å². The summed E-state index contributed by atoms with van der Waals surface area (Å²) in [4.78, 5) is 22.7. The van der Waals surface area contributed by atoms with Crippen LogP contribution in [-0.2, 0) is 18.4 Å². The Morgan fingerprint density at radius 3 is 1.23 bits per heavy atom. The average molecular weight is 761 g/mol. The first-order valence-corrected chi connectivity index (χ1v) is 24.1. The van der Waals surface area contributed by atoms with E-state index in [4.69, 9.17) is 14.8 Å². The Morgan fingerprint density at radius 1 is 0.558 bits per heavy atom. The number of rotatable bonds is 43. The van der Waals surface area contributed by atoms with E-state index in [-0.39, 0.29) is 25.7 Å². The summed E-state index contributed by atoms with van der Waals surface area (Å²) in [6, 6.07) is -0.767. The molecule has 0 bridgehead atoms. The van der Waals surface area contributed by atoms with Crippen LogP contribution in [0.5, 0.6) is 0 Å². The molecule has 9 heteroatoms. The second kappa shape index (κ2) is 40.2. The standard InChI is InChI=1S/C43H89N2O6P/c1-3-5-7-9-11-13-15-17-18-19-20-21-22-23-24-25-27-29-31-33-35-37-43(47)45-41(40-51-52(48,49)50-39-38-44)42(46)36-34-32-30-28-26-16-14-12-10-8-6-4-2/h41-42,46H,3-40,44H2,1-2H3,(H,45,47)(H,48,49)/t41-,42+/m0/s1. The first kappa shape index (κ1) is 51.5. The van der Waals surface area contributed by atoms with Crippen LogP contribution in [0.3, 0.4) is 0 Å². The molecule has 0 aromatic heterocycles. The van der Waals surface area contributed by atoms with Gasteiger partial charge in [0.05, 0.1) is 25.4 Å². The van der Waals surface area contributed by atoms with Crippen molar-refractivity contribution < 1.29 is 28.4 Å². The molecule has 0 fully saturated rings. The molecule has 0 aliphatic heterocycles. The predicted octanol–water partition coefficient (Wildman–Crippen LogP) is 12.6. The molecule has 5 N–H and O–H groups in total. The van der Waals surface area contributed by atoms with Gasteiger partial charge in [0.1, 0.15) is 0 Å². The molecule has 3 atom stereocenters. The van der Waals surface area contributed by atoms with Crippen LogP contribution in [0.15, 0.2) is 0 Å². The third-order valence-electron chi connectivity index (χ3n) is 10.5. The van der Waals surface area contributed by atoms with Gasteiger partial charge in [-0.25, -0.2) is 4.57 Å². The number of aliphatic hydroxyl groups is 1. The molecule has 0 aromatic carbocycles. The summed E-state index contributed by atoms with van der Waals surface area (Å²) in [6.07, 6.45) is 42.6. The number of amides is 1. The zero-order valence-corrected chi connectivity index (χ0v) is 35.5. The van der Waals surface area contributed by atoms with Gasteiger partial charge in [-0.05, 0) is 12.8 Å². The second-order valence-electron chi connectivity index (χ2n) is 15.6. The number of phosphoric acid groups is 1. The number of phosphoric ester groups is 1. The lowest BCUT2D eigenvalue weighted by Crippen LogP contribution is -2.46. The highest BCUT2D eigenvalue weighted by molar-refractivity contribution is 7.47. The molecule has 0 saturated heterocycles. The average Bonchev–Trinajstić information content (AvgIpc) is 3.13. The fourth-order valence-corrected chi connectivity index (χ4v) is 7.78. The van der Waals surface area contributed by atoms with E-state index in [1.54, 1.807) is 0 Å². The van der Waals surface area contributed by atoms with E-state index in [1.807, 2.05) is 0 Å². The topological polar surface area (TPSA) is 131 Å². The molecule has 1 amide bonds. The van der Waals surface area contributed by atoms with Crippen LogP contribution in [0.25, 0.3) is 0 Å². The summed E-state index contributed by atoms with van der Waals surface area (Å²) in [5.41, 5.74) is 5.38. The van der Waals surface area contributed by atoms with Crippen molar-refractivity contribution in [1.82, 2.24) is 5.32 Å². The van der Waals surface area contributed by atoms with Crippen molar-refractivity contribution in [2.75, 3.05) is 19.8 Å². The Balaban J connectivity index is 4.02. The van der Waals surface area contributed by atoms with Crippen molar-refractivity contribution in [3.8, 4) is 0 Å². The van der Waals surface area contributed by atoms with Gasteiger partial charge in [0.15, 0.2) is 0 Å². The lowest BCUT2D eigenvalue weighted by Gasteiger charge is -2.25. The normalized spacial score (nSPS) is 14.0. The van der Waals surface area contributed by atoms with Crippen LogP contribution in [0.2, 0.25) is 0 Å². The van der Waals surface area contributed by atoms with Crippen LogP contribution >= 0.6 is 7.82 Å². The molecule has 0 saturated carbocycles. The summed E-state index contributed by atoms with van der Waals surface area (Å²) >= 11 is 0. The first-order chi connectivity index (χ1) is 25.4. The molecule has 52 heavy (non-hydrogen) atoms. The third-order valence-corrected chi connectivity index (χ3v) is 11.4. The van der Waals surface area contributed by atoms with Gasteiger partial charge in [-0.2, -0.15) is 0 Å². The summed E-state index contributed by atoms with van der Waals surface area (Å²) in [6.45, 7) is 4.23. The summed E-state index contributed by atoms with van der Waals surface area (Å²) in [5, 5.41) is 13.8. The highest BCUT2D eigenvalue weighted by atomic mass is 31.2. The lowest BCUT2D eigenvalue weighted by molar-refractivity contribution is -0.123. The molecule has 0 spiro atoms. The molecule has 0 aromatic rings. The molecule has 0 heterocycles. The van der Waals surface area contributed by atoms with Crippen LogP contribution in [0.4, 0.5) is 0 Å². The molecular weight excluding hydrogens is 671 g/mol. The molecule has 0 aliphatic rings. The zero-order valence-electron chi connectivity index (χ0n) is 34.6. The van der Waals surface area contributed by atoms with E-state index in [9.17, 15) is 19.4 Å². The first-order valence-electron chi connectivity index (χ1n) is 22.7. The van der Waals surface area contributed by atoms with E-state index >= 15 is 0 Å². The summed E-state index contributed by atoms with van der Waals surface area (Å²) < 4.78 is 22.2. The van der Waals surface area contributed by atoms with Gasteiger partial charge in [0.2, 0.25) is 5.91 Å². The number of carbonyl (C=O) groups is 1. The lowest BCUT2D eigenvalue weighted by atomic mass is 10.0. The minimum atomic E-state index is -4.31. The van der Waals surface area contributed by atoms with Gasteiger partial charge in [-0.15, -0.1) is 0 Å². The van der Waals surface area contributed by atoms with Gasteiger partial charge in [-0.3, -0.25) is 13.8 Å². The maximum Gasteiger partial charge on any atom is 0.472 e. The van der Waals surface area contributed by atoms with Gasteiger partial charge in [-0.1, -0.05) is 219 Å². The Hall–Kier alpha value is -0.500. The largest absolute Gasteiger partial charge is 0.472 e. The molecule has 0 rings (SSSR count). The maximum atomic E-state index is 12.8. The van der Waals surface area contributed by atoms with E-state index < -0.39 is 20.0 Å². The Morgan fingerprint density at radius 2 is 0.885 bits per heavy atom. The van der Waals surface area contributed by atoms with Crippen molar-refractivity contribution >= 4 is 13.7 Å². The van der Waals surface area contributed by atoms with E-state index in [0.717, 1.165) is 38.5 Å². The Kier molecular flexibility index (Phi) is 39.8. The molecule has 8 nitrogen and oxygen atoms in total. The summed E-state index contributed by atoms with van der Waals surface area (Å²) in [5.74, 6) is -0.157. The highest BCUT2D eigenvalue weighted by Gasteiger charge is 2.27. The van der Waals surface area contributed by atoms with Crippen molar-refractivity contribution in [2.24, 2.45) is 5.73 Å². The predicted molar refractivity (Wildman–Crippen MR) is 222 cm³/mol. The Labute approximate surface area is 322 Å². The smallest absolute Gasteiger partial charge is 0.391 e. The molecule has 0 aliphatic carbocycles. The fourth-order valence-electron chi connectivity index (χ4n) is 7.02. The highest BCUT2D eigenvalue weighted by Crippen LogP contribution is 2.43. The van der Waals surface area contributed by atoms with Crippen LogP contribution in [0.1, 0.15) is 239 Å². The van der Waals surface area contributed by atoms with Gasteiger partial charge in [0.25, 0.3) is 0 Å².